The van der Waals surface area contributed by atoms with E-state index in [0.29, 0.717) is 17.1 Å². The van der Waals surface area contributed by atoms with Gasteiger partial charge in [0.1, 0.15) is 5.82 Å². The molecule has 2 aromatic heterocycles. The number of rotatable bonds is 5. The highest BCUT2D eigenvalue weighted by molar-refractivity contribution is 6.32. The summed E-state index contributed by atoms with van der Waals surface area (Å²) in [5, 5.41) is 9.53. The fourth-order valence-corrected chi connectivity index (χ4v) is 3.80. The molecule has 1 aliphatic rings. The molecule has 33 heavy (non-hydrogen) atoms. The van der Waals surface area contributed by atoms with E-state index in [0.717, 1.165) is 4.68 Å². The molecule has 3 heterocycles. The van der Waals surface area contributed by atoms with E-state index >= 15 is 0 Å². The Morgan fingerprint density at radius 2 is 1.97 bits per heavy atom. The summed E-state index contributed by atoms with van der Waals surface area (Å²) < 4.78 is 53.0. The zero-order valence-corrected chi connectivity index (χ0v) is 18.2. The third kappa shape index (κ3) is 4.54. The van der Waals surface area contributed by atoms with E-state index in [1.807, 2.05) is 0 Å². The molecule has 2 atom stereocenters. The molecule has 0 unspecified atom stereocenters. The van der Waals surface area contributed by atoms with Crippen molar-refractivity contribution in [3.63, 3.8) is 0 Å². The number of carbonyl (C=O) groups is 1. The number of hydrogen-bond acceptors (Lipinski definition) is 6. The molecule has 1 aliphatic heterocycles. The van der Waals surface area contributed by atoms with Crippen LogP contribution < -0.4 is 20.1 Å². The van der Waals surface area contributed by atoms with Crippen LogP contribution in [0.25, 0.3) is 0 Å². The van der Waals surface area contributed by atoms with E-state index < -0.39 is 24.2 Å². The Bertz CT molecular complexity index is 1180. The zero-order chi connectivity index (χ0) is 23.8. The van der Waals surface area contributed by atoms with Crippen molar-refractivity contribution in [1.82, 2.24) is 14.8 Å². The molecule has 0 saturated heterocycles. The molecule has 4 rings (SSSR count). The first-order chi connectivity index (χ1) is 15.7. The molecule has 174 valence electrons. The predicted molar refractivity (Wildman–Crippen MR) is 115 cm³/mol. The number of fused-ring (bicyclic) bond motifs is 1. The summed E-state index contributed by atoms with van der Waals surface area (Å²) in [6.07, 6.45) is -3.47. The highest BCUT2D eigenvalue weighted by Gasteiger charge is 2.47. The first kappa shape index (κ1) is 22.7. The highest BCUT2D eigenvalue weighted by atomic mass is 35.5. The van der Waals surface area contributed by atoms with Gasteiger partial charge in [-0.25, -0.2) is 9.67 Å². The molecule has 3 aromatic rings. The molecule has 1 amide bonds. The lowest BCUT2D eigenvalue weighted by molar-refractivity contribution is -0.173. The van der Waals surface area contributed by atoms with E-state index in [4.69, 9.17) is 21.1 Å². The number of nitrogens with zero attached hydrogens (tertiary/aromatic N) is 3. The van der Waals surface area contributed by atoms with Crippen molar-refractivity contribution < 1.29 is 27.4 Å². The van der Waals surface area contributed by atoms with Crippen molar-refractivity contribution in [2.45, 2.75) is 24.7 Å². The highest BCUT2D eigenvalue weighted by Crippen LogP contribution is 2.44. The van der Waals surface area contributed by atoms with Crippen LogP contribution in [0.1, 0.15) is 34.6 Å². The van der Waals surface area contributed by atoms with Crippen LogP contribution in [0.15, 0.2) is 42.6 Å². The smallest absolute Gasteiger partial charge is 0.410 e. The van der Waals surface area contributed by atoms with Crippen molar-refractivity contribution in [2.24, 2.45) is 0 Å². The number of halogens is 4. The maximum atomic E-state index is 13.9. The molecule has 0 saturated carbocycles. The maximum absolute atomic E-state index is 13.9. The largest absolute Gasteiger partial charge is 0.493 e. The summed E-state index contributed by atoms with van der Waals surface area (Å²) in [7, 11) is 2.92. The fourth-order valence-electron chi connectivity index (χ4n) is 3.64. The number of ether oxygens (including phenoxy) is 2. The van der Waals surface area contributed by atoms with Crippen LogP contribution in [0.4, 0.5) is 24.7 Å². The molecule has 0 bridgehead atoms. The van der Waals surface area contributed by atoms with Crippen LogP contribution in [-0.2, 0) is 0 Å². The van der Waals surface area contributed by atoms with Gasteiger partial charge in [-0.3, -0.25) is 4.79 Å². The average Bonchev–Trinajstić information content (AvgIpc) is 3.23. The normalized spacial score (nSPS) is 17.6. The third-order valence-corrected chi connectivity index (χ3v) is 5.54. The van der Waals surface area contributed by atoms with Crippen molar-refractivity contribution in [3.05, 3.63) is 59.0 Å². The minimum absolute atomic E-state index is 0.0506. The van der Waals surface area contributed by atoms with E-state index in [1.54, 1.807) is 24.3 Å². The van der Waals surface area contributed by atoms with Crippen LogP contribution >= 0.6 is 11.6 Å². The molecule has 0 radical (unpaired) electrons. The molecule has 0 aliphatic carbocycles. The molecule has 1 aromatic carbocycles. The average molecular weight is 482 g/mol. The standard InChI is InChI=1S/C21H19ClF3N5O3/c1-32-15-6-5-11(8-16(15)33-2)13-9-17(21(23,24)25)30-18(27-13)10-14(29-30)20(31)28-12-4-3-7-26-19(12)22/h3-8,10,13,17,27H,9H2,1-2H3,(H,28,31)/t13-,17+/m1/s1. The second-order valence-electron chi connectivity index (χ2n) is 7.26. The van der Waals surface area contributed by atoms with E-state index in [1.165, 1.54) is 32.5 Å². The number of nitrogens with one attached hydrogen (secondary N) is 2. The first-order valence-corrected chi connectivity index (χ1v) is 10.2. The number of hydrogen-bond donors (Lipinski definition) is 2. The van der Waals surface area contributed by atoms with Crippen molar-refractivity contribution in [1.29, 1.82) is 0 Å². The summed E-state index contributed by atoms with van der Waals surface area (Å²) in [4.78, 5) is 16.5. The van der Waals surface area contributed by atoms with Crippen LogP contribution in [0.3, 0.4) is 0 Å². The lowest BCUT2D eigenvalue weighted by atomic mass is 9.96. The quantitative estimate of drug-likeness (QED) is 0.506. The van der Waals surface area contributed by atoms with Crippen LogP contribution in [0.5, 0.6) is 11.5 Å². The summed E-state index contributed by atoms with van der Waals surface area (Å²) in [5.41, 5.74) is 0.598. The van der Waals surface area contributed by atoms with Gasteiger partial charge in [0, 0.05) is 18.7 Å². The molecule has 0 spiro atoms. The monoisotopic (exact) mass is 481 g/mol. The molecular weight excluding hydrogens is 463 g/mol. The number of benzene rings is 1. The van der Waals surface area contributed by atoms with Gasteiger partial charge in [-0.2, -0.15) is 18.3 Å². The minimum Gasteiger partial charge on any atom is -0.493 e. The summed E-state index contributed by atoms with van der Waals surface area (Å²) in [5.74, 6) is 0.207. The number of anilines is 2. The topological polar surface area (TPSA) is 90.3 Å². The number of amides is 1. The van der Waals surface area contributed by atoms with Gasteiger partial charge in [-0.1, -0.05) is 17.7 Å². The van der Waals surface area contributed by atoms with Gasteiger partial charge in [-0.15, -0.1) is 0 Å². The van der Waals surface area contributed by atoms with Gasteiger partial charge in [0.2, 0.25) is 0 Å². The van der Waals surface area contributed by atoms with Crippen LogP contribution in [0.2, 0.25) is 5.15 Å². The van der Waals surface area contributed by atoms with Crippen LogP contribution in [0, 0.1) is 0 Å². The van der Waals surface area contributed by atoms with E-state index in [-0.39, 0.29) is 28.8 Å². The molecular formula is C21H19ClF3N5O3. The Labute approximate surface area is 191 Å². The number of aromatic nitrogens is 3. The Morgan fingerprint density at radius 1 is 1.21 bits per heavy atom. The minimum atomic E-state index is -4.59. The van der Waals surface area contributed by atoms with Gasteiger partial charge in [-0.05, 0) is 29.8 Å². The Morgan fingerprint density at radius 3 is 2.64 bits per heavy atom. The van der Waals surface area contributed by atoms with E-state index in [9.17, 15) is 18.0 Å². The number of carbonyl (C=O) groups excluding carboxylic acids is 1. The van der Waals surface area contributed by atoms with E-state index in [2.05, 4.69) is 20.7 Å². The second kappa shape index (κ2) is 8.81. The molecule has 12 heteroatoms. The molecule has 8 nitrogen and oxygen atoms in total. The Kier molecular flexibility index (Phi) is 6.07. The number of methoxy groups -OCH3 is 2. The predicted octanol–water partition coefficient (Wildman–Crippen LogP) is 4.86. The zero-order valence-electron chi connectivity index (χ0n) is 17.5. The van der Waals surface area contributed by atoms with Gasteiger partial charge < -0.3 is 20.1 Å². The van der Waals surface area contributed by atoms with Crippen LogP contribution in [-0.4, -0.2) is 41.1 Å². The summed E-state index contributed by atoms with van der Waals surface area (Å²) in [6, 6.07) is 6.62. The van der Waals surface area contributed by atoms with Crippen molar-refractivity contribution in [3.8, 4) is 11.5 Å². The van der Waals surface area contributed by atoms with Gasteiger partial charge in [0.25, 0.3) is 5.91 Å². The second-order valence-corrected chi connectivity index (χ2v) is 7.62. The Balaban J connectivity index is 1.66. The van der Waals surface area contributed by atoms with Crippen molar-refractivity contribution in [2.75, 3.05) is 24.9 Å². The molecule has 0 fully saturated rings. The maximum Gasteiger partial charge on any atom is 0.410 e. The van der Waals surface area contributed by atoms with Gasteiger partial charge in [0.05, 0.1) is 25.9 Å². The van der Waals surface area contributed by atoms with Crippen molar-refractivity contribution >= 4 is 29.0 Å². The van der Waals surface area contributed by atoms with Gasteiger partial charge in [0.15, 0.2) is 28.4 Å². The van der Waals surface area contributed by atoms with Gasteiger partial charge >= 0.3 is 6.18 Å². The Hall–Kier alpha value is -3.47. The fraction of sp³-hybridized carbons (Fsp3) is 0.286. The first-order valence-electron chi connectivity index (χ1n) is 9.78. The lowest BCUT2D eigenvalue weighted by Gasteiger charge is -2.33. The number of alkyl halides is 3. The SMILES string of the molecule is COc1ccc([C@H]2C[C@@H](C(F)(F)F)n3nc(C(=O)Nc4cccnc4Cl)cc3N2)cc1OC. The summed E-state index contributed by atoms with van der Waals surface area (Å²) >= 11 is 5.94. The number of pyridine rings is 1. The molecule has 2 N–H and O–H groups in total. The third-order valence-electron chi connectivity index (χ3n) is 5.24. The lowest BCUT2D eigenvalue weighted by Crippen LogP contribution is -2.35. The summed E-state index contributed by atoms with van der Waals surface area (Å²) in [6.45, 7) is 0.